The molecule has 2 aromatic rings. The van der Waals surface area contributed by atoms with Gasteiger partial charge in [0.2, 0.25) is 0 Å². The van der Waals surface area contributed by atoms with Crippen LogP contribution in [0.25, 0.3) is 0 Å². The average molecular weight is 266 g/mol. The minimum Gasteiger partial charge on any atom is -0.326 e. The maximum atomic E-state index is 6.16. The fraction of sp³-hybridized carbons (Fsp3) is 0.167. The first-order valence-corrected chi connectivity index (χ1v) is 6.53. The summed E-state index contributed by atoms with van der Waals surface area (Å²) >= 11 is 7.73. The second-order valence-corrected chi connectivity index (χ2v) is 4.80. The lowest BCUT2D eigenvalue weighted by Gasteiger charge is -2.05. The zero-order valence-electron chi connectivity index (χ0n) is 9.14. The SMILES string of the molecule is NCc1ccc(CSc2ncccn2)c(Cl)c1. The Balaban J connectivity index is 2.04. The van der Waals surface area contributed by atoms with Crippen molar-refractivity contribution in [3.05, 3.63) is 52.8 Å². The van der Waals surface area contributed by atoms with E-state index < -0.39 is 0 Å². The number of hydrogen-bond donors (Lipinski definition) is 1. The van der Waals surface area contributed by atoms with Crippen molar-refractivity contribution >= 4 is 23.4 Å². The first kappa shape index (κ1) is 12.4. The van der Waals surface area contributed by atoms with E-state index in [0.717, 1.165) is 27.1 Å². The first-order valence-electron chi connectivity index (χ1n) is 5.17. The van der Waals surface area contributed by atoms with Crippen LogP contribution in [-0.2, 0) is 12.3 Å². The largest absolute Gasteiger partial charge is 0.326 e. The van der Waals surface area contributed by atoms with Crippen molar-refractivity contribution < 1.29 is 0 Å². The van der Waals surface area contributed by atoms with Gasteiger partial charge in [-0.15, -0.1) is 0 Å². The summed E-state index contributed by atoms with van der Waals surface area (Å²) < 4.78 is 0. The van der Waals surface area contributed by atoms with Crippen LogP contribution >= 0.6 is 23.4 Å². The van der Waals surface area contributed by atoms with Gasteiger partial charge in [0.1, 0.15) is 0 Å². The molecule has 0 saturated carbocycles. The third-order valence-corrected chi connectivity index (χ3v) is 3.53. The van der Waals surface area contributed by atoms with Gasteiger partial charge >= 0.3 is 0 Å². The quantitative estimate of drug-likeness (QED) is 0.682. The molecule has 88 valence electrons. The van der Waals surface area contributed by atoms with Gasteiger partial charge in [0.05, 0.1) is 0 Å². The highest BCUT2D eigenvalue weighted by atomic mass is 35.5. The molecule has 0 amide bonds. The molecule has 3 nitrogen and oxygen atoms in total. The number of nitrogens with zero attached hydrogens (tertiary/aromatic N) is 2. The van der Waals surface area contributed by atoms with Crippen molar-refractivity contribution in [2.75, 3.05) is 0 Å². The van der Waals surface area contributed by atoms with E-state index in [1.807, 2.05) is 18.2 Å². The van der Waals surface area contributed by atoms with Crippen LogP contribution in [0.3, 0.4) is 0 Å². The molecule has 1 aromatic carbocycles. The van der Waals surface area contributed by atoms with Gasteiger partial charge in [-0.05, 0) is 23.3 Å². The summed E-state index contributed by atoms with van der Waals surface area (Å²) in [5.41, 5.74) is 7.66. The fourth-order valence-electron chi connectivity index (χ4n) is 1.34. The van der Waals surface area contributed by atoms with Gasteiger partial charge in [0.15, 0.2) is 5.16 Å². The van der Waals surface area contributed by atoms with Crippen LogP contribution in [0.2, 0.25) is 5.02 Å². The molecular weight excluding hydrogens is 254 g/mol. The Hall–Kier alpha value is -1.10. The monoisotopic (exact) mass is 265 g/mol. The van der Waals surface area contributed by atoms with E-state index in [0.29, 0.717) is 6.54 Å². The Kier molecular flexibility index (Phi) is 4.36. The van der Waals surface area contributed by atoms with Gasteiger partial charge in [0, 0.05) is 29.7 Å². The molecule has 2 N–H and O–H groups in total. The summed E-state index contributed by atoms with van der Waals surface area (Å²) in [7, 11) is 0. The molecule has 5 heteroatoms. The lowest BCUT2D eigenvalue weighted by molar-refractivity contribution is 0.966. The van der Waals surface area contributed by atoms with E-state index in [1.54, 1.807) is 30.2 Å². The third-order valence-electron chi connectivity index (χ3n) is 2.25. The van der Waals surface area contributed by atoms with Crippen LogP contribution in [0.4, 0.5) is 0 Å². The zero-order chi connectivity index (χ0) is 12.1. The van der Waals surface area contributed by atoms with Gasteiger partial charge in [0.25, 0.3) is 0 Å². The van der Waals surface area contributed by atoms with Crippen LogP contribution in [0.1, 0.15) is 11.1 Å². The summed E-state index contributed by atoms with van der Waals surface area (Å²) in [6.07, 6.45) is 3.46. The molecule has 0 spiro atoms. The Labute approximate surface area is 109 Å². The van der Waals surface area contributed by atoms with Crippen LogP contribution in [0.5, 0.6) is 0 Å². The number of halogens is 1. The lowest BCUT2D eigenvalue weighted by atomic mass is 10.1. The van der Waals surface area contributed by atoms with Gasteiger partial charge in [-0.1, -0.05) is 35.5 Å². The normalized spacial score (nSPS) is 10.5. The second-order valence-electron chi connectivity index (χ2n) is 3.45. The van der Waals surface area contributed by atoms with Gasteiger partial charge in [-0.3, -0.25) is 0 Å². The van der Waals surface area contributed by atoms with Crippen LogP contribution in [0.15, 0.2) is 41.8 Å². The summed E-state index contributed by atoms with van der Waals surface area (Å²) in [5, 5.41) is 1.50. The molecule has 0 fully saturated rings. The molecule has 0 atom stereocenters. The highest BCUT2D eigenvalue weighted by molar-refractivity contribution is 7.98. The molecule has 2 rings (SSSR count). The molecule has 1 heterocycles. The smallest absolute Gasteiger partial charge is 0.187 e. The Morgan fingerprint density at radius 1 is 1.24 bits per heavy atom. The van der Waals surface area contributed by atoms with E-state index in [-0.39, 0.29) is 0 Å². The molecule has 0 bridgehead atoms. The molecule has 0 radical (unpaired) electrons. The van der Waals surface area contributed by atoms with Crippen molar-refractivity contribution in [2.45, 2.75) is 17.5 Å². The van der Waals surface area contributed by atoms with Crippen molar-refractivity contribution in [2.24, 2.45) is 5.73 Å². The van der Waals surface area contributed by atoms with Gasteiger partial charge in [-0.2, -0.15) is 0 Å². The molecule has 0 unspecified atom stereocenters. The van der Waals surface area contributed by atoms with Gasteiger partial charge < -0.3 is 5.73 Å². The minimum absolute atomic E-state index is 0.509. The average Bonchev–Trinajstić information content (AvgIpc) is 2.38. The number of aromatic nitrogens is 2. The predicted octanol–water partition coefficient (Wildman–Crippen LogP) is 2.88. The maximum Gasteiger partial charge on any atom is 0.187 e. The van der Waals surface area contributed by atoms with E-state index in [9.17, 15) is 0 Å². The predicted molar refractivity (Wildman–Crippen MR) is 70.9 cm³/mol. The topological polar surface area (TPSA) is 51.8 Å². The number of rotatable bonds is 4. The number of thioether (sulfide) groups is 1. The molecular formula is C12H12ClN3S. The van der Waals surface area contributed by atoms with E-state index in [2.05, 4.69) is 9.97 Å². The van der Waals surface area contributed by atoms with Crippen molar-refractivity contribution in [1.29, 1.82) is 0 Å². The van der Waals surface area contributed by atoms with E-state index >= 15 is 0 Å². The Bertz CT molecular complexity index is 490. The first-order chi connectivity index (χ1) is 8.29. The summed E-state index contributed by atoms with van der Waals surface area (Å²) in [6.45, 7) is 0.509. The number of hydrogen-bond acceptors (Lipinski definition) is 4. The Morgan fingerprint density at radius 3 is 2.65 bits per heavy atom. The van der Waals surface area contributed by atoms with Crippen molar-refractivity contribution in [3.63, 3.8) is 0 Å². The summed E-state index contributed by atoms with van der Waals surface area (Å²) in [4.78, 5) is 8.29. The lowest BCUT2D eigenvalue weighted by Crippen LogP contribution is -1.96. The van der Waals surface area contributed by atoms with E-state index in [1.165, 1.54) is 0 Å². The molecule has 0 aliphatic carbocycles. The van der Waals surface area contributed by atoms with Crippen molar-refractivity contribution in [3.8, 4) is 0 Å². The highest BCUT2D eigenvalue weighted by Gasteiger charge is 2.03. The van der Waals surface area contributed by atoms with Crippen LogP contribution < -0.4 is 5.73 Å². The fourth-order valence-corrected chi connectivity index (χ4v) is 2.49. The molecule has 1 aromatic heterocycles. The van der Waals surface area contributed by atoms with Crippen LogP contribution in [0, 0.1) is 0 Å². The number of benzene rings is 1. The minimum atomic E-state index is 0.509. The third kappa shape index (κ3) is 3.43. The van der Waals surface area contributed by atoms with Crippen molar-refractivity contribution in [1.82, 2.24) is 9.97 Å². The maximum absolute atomic E-state index is 6.16. The molecule has 0 saturated heterocycles. The van der Waals surface area contributed by atoms with Gasteiger partial charge in [-0.25, -0.2) is 9.97 Å². The van der Waals surface area contributed by atoms with E-state index in [4.69, 9.17) is 17.3 Å². The highest BCUT2D eigenvalue weighted by Crippen LogP contribution is 2.25. The van der Waals surface area contributed by atoms with Crippen LogP contribution in [-0.4, -0.2) is 9.97 Å². The standard InChI is InChI=1S/C12H12ClN3S/c13-11-6-9(7-14)2-3-10(11)8-17-12-15-4-1-5-16-12/h1-6H,7-8,14H2. The number of nitrogens with two attached hydrogens (primary N) is 1. The molecule has 17 heavy (non-hydrogen) atoms. The second kappa shape index (κ2) is 6.00. The molecule has 0 aliphatic rings. The molecule has 0 aliphatic heterocycles. The summed E-state index contributed by atoms with van der Waals surface area (Å²) in [5.74, 6) is 0.758. The Morgan fingerprint density at radius 2 is 2.00 bits per heavy atom. The zero-order valence-corrected chi connectivity index (χ0v) is 10.7. The summed E-state index contributed by atoms with van der Waals surface area (Å²) in [6, 6.07) is 7.70.